The fourth-order valence-corrected chi connectivity index (χ4v) is 2.92. The summed E-state index contributed by atoms with van der Waals surface area (Å²) in [6, 6.07) is 8.83. The van der Waals surface area contributed by atoms with Crippen LogP contribution in [0.2, 0.25) is 0 Å². The zero-order valence-corrected chi connectivity index (χ0v) is 18.0. The first kappa shape index (κ1) is 22.6. The van der Waals surface area contributed by atoms with Crippen molar-refractivity contribution in [1.82, 2.24) is 10.1 Å². The minimum atomic E-state index is -4.62. The predicted molar refractivity (Wildman–Crippen MR) is 112 cm³/mol. The SMILES string of the molecule is CC(C)=CCOc1ccc(Cc2cc(-c3ccc[n+](COP(=O)(O)O)c3N)on2)cn1. The predicted octanol–water partition coefficient (Wildman–Crippen LogP) is 2.61. The quantitative estimate of drug-likeness (QED) is 0.256. The molecule has 0 spiro atoms. The van der Waals surface area contributed by atoms with Crippen molar-refractivity contribution in [2.75, 3.05) is 12.3 Å². The van der Waals surface area contributed by atoms with Crippen LogP contribution in [-0.4, -0.2) is 26.5 Å². The van der Waals surface area contributed by atoms with E-state index in [4.69, 9.17) is 24.8 Å². The van der Waals surface area contributed by atoms with Crippen molar-refractivity contribution in [2.24, 2.45) is 0 Å². The van der Waals surface area contributed by atoms with Crippen LogP contribution >= 0.6 is 7.82 Å². The van der Waals surface area contributed by atoms with Crippen LogP contribution < -0.4 is 15.0 Å². The van der Waals surface area contributed by atoms with Crippen molar-refractivity contribution >= 4 is 13.6 Å². The fourth-order valence-electron chi connectivity index (χ4n) is 2.65. The minimum absolute atomic E-state index is 0.221. The second-order valence-electron chi connectivity index (χ2n) is 6.98. The summed E-state index contributed by atoms with van der Waals surface area (Å²) in [4.78, 5) is 22.0. The molecule has 3 rings (SSSR count). The number of rotatable bonds is 9. The Morgan fingerprint density at radius 1 is 1.32 bits per heavy atom. The molecule has 0 unspecified atom stereocenters. The van der Waals surface area contributed by atoms with Crippen LogP contribution in [0.25, 0.3) is 11.3 Å². The maximum absolute atomic E-state index is 10.9. The van der Waals surface area contributed by atoms with E-state index >= 15 is 0 Å². The molecular formula is C20H24N4O6P+. The molecule has 0 aliphatic carbocycles. The number of phosphoric ester groups is 1. The van der Waals surface area contributed by atoms with Crippen LogP contribution in [0.15, 0.2) is 58.9 Å². The highest BCUT2D eigenvalue weighted by atomic mass is 31.2. The Kier molecular flexibility index (Phi) is 7.19. The Balaban J connectivity index is 1.68. The number of nitrogens with zero attached hydrogens (tertiary/aromatic N) is 3. The third-order valence-electron chi connectivity index (χ3n) is 4.21. The first-order valence-electron chi connectivity index (χ1n) is 9.36. The smallest absolute Gasteiger partial charge is 0.472 e. The van der Waals surface area contributed by atoms with Gasteiger partial charge in [-0.05, 0) is 37.6 Å². The van der Waals surface area contributed by atoms with Gasteiger partial charge in [0, 0.05) is 24.8 Å². The number of ether oxygens (including phenoxy) is 1. The molecule has 0 amide bonds. The first-order valence-corrected chi connectivity index (χ1v) is 10.9. The minimum Gasteiger partial charge on any atom is -0.473 e. The number of hydrogen-bond donors (Lipinski definition) is 3. The molecular weight excluding hydrogens is 423 g/mol. The van der Waals surface area contributed by atoms with E-state index in [1.54, 1.807) is 36.7 Å². The van der Waals surface area contributed by atoms with Crippen LogP contribution in [0.4, 0.5) is 5.82 Å². The lowest BCUT2D eigenvalue weighted by Crippen LogP contribution is -2.38. The van der Waals surface area contributed by atoms with Crippen LogP contribution in [0.1, 0.15) is 25.1 Å². The van der Waals surface area contributed by atoms with E-state index in [1.165, 1.54) is 10.1 Å². The molecule has 0 fully saturated rings. The van der Waals surface area contributed by atoms with Crippen molar-refractivity contribution in [1.29, 1.82) is 0 Å². The largest absolute Gasteiger partial charge is 0.473 e. The number of nitrogens with two attached hydrogens (primary N) is 1. The van der Waals surface area contributed by atoms with Gasteiger partial charge in [-0.1, -0.05) is 16.8 Å². The Morgan fingerprint density at radius 3 is 2.81 bits per heavy atom. The van der Waals surface area contributed by atoms with Gasteiger partial charge in [-0.2, -0.15) is 0 Å². The Morgan fingerprint density at radius 2 is 2.13 bits per heavy atom. The average molecular weight is 447 g/mol. The second-order valence-corrected chi connectivity index (χ2v) is 8.22. The summed E-state index contributed by atoms with van der Waals surface area (Å²) in [5.74, 6) is 1.19. The summed E-state index contributed by atoms with van der Waals surface area (Å²) in [7, 11) is -4.62. The summed E-state index contributed by atoms with van der Waals surface area (Å²) in [6.45, 7) is 4.08. The number of anilines is 1. The van der Waals surface area contributed by atoms with Crippen molar-refractivity contribution in [3.8, 4) is 17.2 Å². The van der Waals surface area contributed by atoms with E-state index in [0.717, 1.165) is 5.56 Å². The molecule has 0 saturated heterocycles. The topological polar surface area (TPSA) is 145 Å². The lowest BCUT2D eigenvalue weighted by molar-refractivity contribution is -0.711. The van der Waals surface area contributed by atoms with E-state index in [2.05, 4.69) is 14.7 Å². The third-order valence-corrected chi connectivity index (χ3v) is 4.66. The number of pyridine rings is 2. The molecule has 4 N–H and O–H groups in total. The van der Waals surface area contributed by atoms with Gasteiger partial charge in [-0.3, -0.25) is 5.73 Å². The van der Waals surface area contributed by atoms with E-state index in [1.807, 2.05) is 26.0 Å². The zero-order valence-electron chi connectivity index (χ0n) is 17.1. The molecule has 11 heteroatoms. The molecule has 0 atom stereocenters. The standard InChI is InChI=1S/C20H23N4O6P/c1-14(2)7-9-28-19-6-5-15(12-22-19)10-16-11-18(30-23-16)17-4-3-8-24(20(17)21)13-29-31(25,26)27/h3-8,11-12,21H,9-10,13H2,1-2H3,(H2,25,26,27)/p+1. The number of hydrogen-bond acceptors (Lipinski definition) is 7. The number of aromatic nitrogens is 3. The van der Waals surface area contributed by atoms with E-state index in [9.17, 15) is 4.57 Å². The van der Waals surface area contributed by atoms with Gasteiger partial charge < -0.3 is 19.0 Å². The summed E-state index contributed by atoms with van der Waals surface area (Å²) >= 11 is 0. The van der Waals surface area contributed by atoms with E-state index in [0.29, 0.717) is 35.9 Å². The van der Waals surface area contributed by atoms with Gasteiger partial charge in [0.05, 0.1) is 11.9 Å². The molecule has 164 valence electrons. The highest BCUT2D eigenvalue weighted by Gasteiger charge is 2.20. The Hall–Kier alpha value is -3.04. The highest BCUT2D eigenvalue weighted by molar-refractivity contribution is 7.46. The average Bonchev–Trinajstić information content (AvgIpc) is 3.16. The Bertz CT molecular complexity index is 1100. The molecule has 0 aliphatic heterocycles. The van der Waals surface area contributed by atoms with Crippen LogP contribution in [0.5, 0.6) is 5.88 Å². The molecule has 0 saturated carbocycles. The zero-order chi connectivity index (χ0) is 22.4. The lowest BCUT2D eigenvalue weighted by Gasteiger charge is -2.07. The van der Waals surface area contributed by atoms with Crippen molar-refractivity contribution in [3.05, 3.63) is 65.6 Å². The van der Waals surface area contributed by atoms with Crippen LogP contribution in [0, 0.1) is 0 Å². The number of allylic oxidation sites excluding steroid dienone is 1. The van der Waals surface area contributed by atoms with Crippen molar-refractivity contribution in [2.45, 2.75) is 27.0 Å². The summed E-state index contributed by atoms with van der Waals surface area (Å²) in [5.41, 5.74) is 9.41. The van der Waals surface area contributed by atoms with Crippen molar-refractivity contribution < 1.29 is 32.7 Å². The molecule has 0 aliphatic rings. The monoisotopic (exact) mass is 447 g/mol. The summed E-state index contributed by atoms with van der Waals surface area (Å²) < 4.78 is 27.7. The van der Waals surface area contributed by atoms with Gasteiger partial charge in [-0.15, -0.1) is 0 Å². The van der Waals surface area contributed by atoms with Gasteiger partial charge in [0.1, 0.15) is 12.2 Å². The third kappa shape index (κ3) is 6.73. The molecule has 10 nitrogen and oxygen atoms in total. The molecule has 0 bridgehead atoms. The number of phosphoric acid groups is 1. The fraction of sp³-hybridized carbons (Fsp3) is 0.250. The second kappa shape index (κ2) is 9.84. The number of nitrogen functional groups attached to an aromatic ring is 1. The van der Waals surface area contributed by atoms with Crippen LogP contribution in [0.3, 0.4) is 0 Å². The van der Waals surface area contributed by atoms with Gasteiger partial charge >= 0.3 is 7.82 Å². The first-order chi connectivity index (χ1) is 14.7. The van der Waals surface area contributed by atoms with Gasteiger partial charge in [0.2, 0.25) is 12.6 Å². The maximum atomic E-state index is 10.9. The molecule has 3 aromatic rings. The lowest BCUT2D eigenvalue weighted by atomic mass is 10.1. The summed E-state index contributed by atoms with van der Waals surface area (Å²) in [6.07, 6.45) is 5.73. The van der Waals surface area contributed by atoms with Gasteiger partial charge in [0.25, 0.3) is 5.82 Å². The molecule has 3 aromatic heterocycles. The van der Waals surface area contributed by atoms with Gasteiger partial charge in [0.15, 0.2) is 5.76 Å². The van der Waals surface area contributed by atoms with E-state index < -0.39 is 14.6 Å². The van der Waals surface area contributed by atoms with E-state index in [-0.39, 0.29) is 5.82 Å². The van der Waals surface area contributed by atoms with Gasteiger partial charge in [-0.25, -0.2) is 18.6 Å². The molecule has 3 heterocycles. The molecule has 31 heavy (non-hydrogen) atoms. The summed E-state index contributed by atoms with van der Waals surface area (Å²) in [5, 5.41) is 4.07. The highest BCUT2D eigenvalue weighted by Crippen LogP contribution is 2.35. The maximum Gasteiger partial charge on any atom is 0.472 e. The molecule has 0 aromatic carbocycles. The normalized spacial score (nSPS) is 11.4. The molecule has 0 radical (unpaired) electrons. The van der Waals surface area contributed by atoms with Crippen molar-refractivity contribution in [3.63, 3.8) is 0 Å². The Labute approximate surface area is 179 Å². The van der Waals surface area contributed by atoms with Crippen LogP contribution in [-0.2, 0) is 22.2 Å².